The molecular formula is C36H67Br4O4P. The summed E-state index contributed by atoms with van der Waals surface area (Å²) in [5.74, 6) is 0. The third kappa shape index (κ3) is 41.6. The first kappa shape index (κ1) is 46.5. The van der Waals surface area contributed by atoms with E-state index < -0.39 is 7.82 Å². The number of alkyl halides is 4. The molecule has 0 saturated carbocycles. The summed E-state index contributed by atoms with van der Waals surface area (Å²) in [6, 6.07) is 0. The van der Waals surface area contributed by atoms with Gasteiger partial charge >= 0.3 is 7.82 Å². The summed E-state index contributed by atoms with van der Waals surface area (Å²) < 4.78 is 23.3. The van der Waals surface area contributed by atoms with Crippen LogP contribution < -0.4 is 0 Å². The van der Waals surface area contributed by atoms with Gasteiger partial charge in [0.25, 0.3) is 0 Å². The van der Waals surface area contributed by atoms with Crippen LogP contribution in [-0.4, -0.2) is 25.6 Å². The molecule has 0 heterocycles. The Bertz CT molecular complexity index is 653. The van der Waals surface area contributed by atoms with Gasteiger partial charge in [0.1, 0.15) is 0 Å². The molecule has 0 bridgehead atoms. The maximum Gasteiger partial charge on any atom is 0.472 e. The fraction of sp³-hybridized carbons (Fsp3) is 0.889. The van der Waals surface area contributed by atoms with Crippen LogP contribution in [0.1, 0.15) is 180 Å². The average molecular weight is 915 g/mol. The molecule has 0 aromatic heterocycles. The van der Waals surface area contributed by atoms with Crippen molar-refractivity contribution in [1.29, 1.82) is 0 Å². The molecule has 0 amide bonds. The van der Waals surface area contributed by atoms with Gasteiger partial charge in [-0.2, -0.15) is 0 Å². The highest BCUT2D eigenvalue weighted by molar-refractivity contribution is 9.25. The van der Waals surface area contributed by atoms with Crippen molar-refractivity contribution in [3.8, 4) is 0 Å². The van der Waals surface area contributed by atoms with Gasteiger partial charge in [-0.25, -0.2) is 4.57 Å². The maximum absolute atomic E-state index is 12.1. The van der Waals surface area contributed by atoms with Gasteiger partial charge in [0, 0.05) is 0 Å². The van der Waals surface area contributed by atoms with Crippen molar-refractivity contribution in [1.82, 2.24) is 0 Å². The molecule has 0 saturated heterocycles. The van der Waals surface area contributed by atoms with E-state index in [1.165, 1.54) is 141 Å². The molecule has 0 aliphatic heterocycles. The lowest BCUT2D eigenvalue weighted by atomic mass is 10.1. The van der Waals surface area contributed by atoms with E-state index in [9.17, 15) is 9.46 Å². The second kappa shape index (κ2) is 36.8. The minimum absolute atomic E-state index is 0.300. The Morgan fingerprint density at radius 1 is 0.422 bits per heavy atom. The van der Waals surface area contributed by atoms with Gasteiger partial charge in [-0.05, 0) is 77.0 Å². The summed E-state index contributed by atoms with van der Waals surface area (Å²) in [6.07, 6.45) is 43.4. The minimum atomic E-state index is -3.90. The van der Waals surface area contributed by atoms with Gasteiger partial charge in [0.05, 0.1) is 20.7 Å². The number of hydrogen-bond acceptors (Lipinski definition) is 3. The standard InChI is InChI=1S/C36H67Br4O4P/c37-35(38)31-27-23-19-15-11-7-3-1-5-9-13-17-21-25-29-33-43-45(41,42)44-34-30-26-22-18-14-10-6-2-4-8-12-16-20-24-28-32-36(39)40/h1-4,35-36H,5-34H2,(H,41,42)/b3-1-,4-2-. The molecule has 0 aliphatic rings. The fourth-order valence-electron chi connectivity index (χ4n) is 5.19. The molecule has 1 N–H and O–H groups in total. The van der Waals surface area contributed by atoms with Gasteiger partial charge in [-0.1, -0.05) is 191 Å². The SMILES string of the molecule is O=P(O)(OCCCCCCCC/C=C\CCCCCCCC(Br)Br)OCCCCCCCC/C=C\CCCCCCCC(Br)Br. The number of allylic oxidation sites excluding steroid dienone is 4. The lowest BCUT2D eigenvalue weighted by Gasteiger charge is -2.12. The Hall–Kier alpha value is 1.51. The van der Waals surface area contributed by atoms with Crippen molar-refractivity contribution < 1.29 is 18.5 Å². The maximum atomic E-state index is 12.1. The van der Waals surface area contributed by atoms with E-state index in [2.05, 4.69) is 88.0 Å². The van der Waals surface area contributed by atoms with E-state index in [4.69, 9.17) is 9.05 Å². The highest BCUT2D eigenvalue weighted by Crippen LogP contribution is 2.43. The Kier molecular flexibility index (Phi) is 38.0. The van der Waals surface area contributed by atoms with Crippen molar-refractivity contribution >= 4 is 71.5 Å². The number of rotatable bonds is 36. The normalized spacial score (nSPS) is 12.6. The highest BCUT2D eigenvalue weighted by atomic mass is 79.9. The molecule has 45 heavy (non-hydrogen) atoms. The third-order valence-corrected chi connectivity index (χ3v) is 10.8. The van der Waals surface area contributed by atoms with Gasteiger partial charge in [0.15, 0.2) is 0 Å². The van der Waals surface area contributed by atoms with Crippen molar-refractivity contribution in [2.24, 2.45) is 0 Å². The Balaban J connectivity index is 3.35. The summed E-state index contributed by atoms with van der Waals surface area (Å²) in [4.78, 5) is 9.89. The summed E-state index contributed by atoms with van der Waals surface area (Å²) in [5.41, 5.74) is 0. The fourth-order valence-corrected chi connectivity index (χ4v) is 7.28. The first-order valence-corrected chi connectivity index (χ1v) is 23.5. The Labute approximate surface area is 312 Å². The van der Waals surface area contributed by atoms with Gasteiger partial charge in [-0.15, -0.1) is 0 Å². The van der Waals surface area contributed by atoms with E-state index in [1.807, 2.05) is 0 Å². The van der Waals surface area contributed by atoms with Crippen molar-refractivity contribution in [2.75, 3.05) is 13.2 Å². The molecule has 0 unspecified atom stereocenters. The molecule has 0 aromatic carbocycles. The van der Waals surface area contributed by atoms with Gasteiger partial charge in [0.2, 0.25) is 0 Å². The lowest BCUT2D eigenvalue weighted by molar-refractivity contribution is 0.145. The molecule has 0 rings (SSSR count). The molecule has 4 nitrogen and oxygen atoms in total. The largest absolute Gasteiger partial charge is 0.472 e. The number of halogens is 4. The van der Waals surface area contributed by atoms with E-state index in [-0.39, 0.29) is 0 Å². The van der Waals surface area contributed by atoms with E-state index in [0.717, 1.165) is 38.5 Å². The highest BCUT2D eigenvalue weighted by Gasteiger charge is 2.19. The van der Waals surface area contributed by atoms with Crippen LogP contribution in [0.15, 0.2) is 24.3 Å². The lowest BCUT2D eigenvalue weighted by Crippen LogP contribution is -1.99. The Morgan fingerprint density at radius 2 is 0.667 bits per heavy atom. The summed E-state index contributed by atoms with van der Waals surface area (Å²) >= 11 is 14.1. The number of unbranched alkanes of at least 4 members (excludes halogenated alkanes) is 22. The quantitative estimate of drug-likeness (QED) is 0.0294. The second-order valence-corrected chi connectivity index (χ2v) is 20.7. The zero-order valence-electron chi connectivity index (χ0n) is 28.3. The van der Waals surface area contributed by atoms with Gasteiger partial charge < -0.3 is 4.89 Å². The first-order chi connectivity index (χ1) is 21.8. The van der Waals surface area contributed by atoms with Gasteiger partial charge in [-0.3, -0.25) is 9.05 Å². The number of phosphoric ester groups is 1. The predicted octanol–water partition coefficient (Wildman–Crippen LogP) is 15.4. The minimum Gasteiger partial charge on any atom is -0.302 e. The zero-order chi connectivity index (χ0) is 33.1. The summed E-state index contributed by atoms with van der Waals surface area (Å²) in [7, 11) is -3.90. The topological polar surface area (TPSA) is 55.8 Å². The van der Waals surface area contributed by atoms with Crippen LogP contribution in [-0.2, 0) is 13.6 Å². The van der Waals surface area contributed by atoms with Crippen molar-refractivity contribution in [3.63, 3.8) is 0 Å². The predicted molar refractivity (Wildman–Crippen MR) is 213 cm³/mol. The van der Waals surface area contributed by atoms with Crippen LogP contribution in [0.2, 0.25) is 0 Å². The molecule has 0 aromatic rings. The molecular weight excluding hydrogens is 847 g/mol. The molecule has 0 aliphatic carbocycles. The van der Waals surface area contributed by atoms with Crippen LogP contribution in [0, 0.1) is 0 Å². The molecule has 0 fully saturated rings. The van der Waals surface area contributed by atoms with Crippen molar-refractivity contribution in [3.05, 3.63) is 24.3 Å². The number of phosphoric acid groups is 1. The monoisotopic (exact) mass is 910 g/mol. The average Bonchev–Trinajstić information content (AvgIpc) is 2.99. The zero-order valence-corrected chi connectivity index (χ0v) is 35.5. The van der Waals surface area contributed by atoms with E-state index in [1.54, 1.807) is 0 Å². The van der Waals surface area contributed by atoms with Crippen molar-refractivity contribution in [2.45, 2.75) is 187 Å². The third-order valence-electron chi connectivity index (χ3n) is 7.96. The van der Waals surface area contributed by atoms with Crippen LogP contribution >= 0.6 is 71.5 Å². The van der Waals surface area contributed by atoms with Crippen LogP contribution in [0.5, 0.6) is 0 Å². The van der Waals surface area contributed by atoms with Crippen LogP contribution in [0.25, 0.3) is 0 Å². The molecule has 0 spiro atoms. The van der Waals surface area contributed by atoms with E-state index in [0.29, 0.717) is 20.7 Å². The molecule has 9 heteroatoms. The van der Waals surface area contributed by atoms with E-state index >= 15 is 0 Å². The smallest absolute Gasteiger partial charge is 0.302 e. The first-order valence-electron chi connectivity index (χ1n) is 18.3. The number of hydrogen-bond donors (Lipinski definition) is 1. The van der Waals surface area contributed by atoms with Crippen LogP contribution in [0.4, 0.5) is 0 Å². The molecule has 0 atom stereocenters. The summed E-state index contributed by atoms with van der Waals surface area (Å²) in [5, 5.41) is 0. The summed E-state index contributed by atoms with van der Waals surface area (Å²) in [6.45, 7) is 0.599. The Morgan fingerprint density at radius 3 is 0.956 bits per heavy atom. The van der Waals surface area contributed by atoms with Crippen LogP contribution in [0.3, 0.4) is 0 Å². The second-order valence-electron chi connectivity index (χ2n) is 12.4. The molecule has 268 valence electrons. The molecule has 0 radical (unpaired) electrons.